The molecule has 1 aromatic carbocycles. The van der Waals surface area contributed by atoms with Crippen LogP contribution in [0.15, 0.2) is 45.9 Å². The highest BCUT2D eigenvalue weighted by atomic mass is 32.2. The Labute approximate surface area is 180 Å². The van der Waals surface area contributed by atoms with Crippen LogP contribution in [0.25, 0.3) is 0 Å². The second-order valence-electron chi connectivity index (χ2n) is 6.56. The fraction of sp³-hybridized carbons (Fsp3) is 0.389. The number of carbonyl (C=O) groups is 1. The van der Waals surface area contributed by atoms with Gasteiger partial charge >= 0.3 is 6.18 Å². The SMILES string of the molecule is O=C(CON=C1CCN(S(=O)(=O)c2cccc(C(F)(F)F)c2)CC1)NCc1nccs1. The fourth-order valence-electron chi connectivity index (χ4n) is 2.81. The van der Waals surface area contributed by atoms with Crippen molar-refractivity contribution in [2.75, 3.05) is 19.7 Å². The predicted molar refractivity (Wildman–Crippen MR) is 107 cm³/mol. The van der Waals surface area contributed by atoms with E-state index >= 15 is 0 Å². The summed E-state index contributed by atoms with van der Waals surface area (Å²) >= 11 is 1.41. The van der Waals surface area contributed by atoms with Crippen LogP contribution in [0.1, 0.15) is 23.4 Å². The van der Waals surface area contributed by atoms with Crippen LogP contribution in [0.3, 0.4) is 0 Å². The lowest BCUT2D eigenvalue weighted by atomic mass is 10.1. The molecule has 168 valence electrons. The van der Waals surface area contributed by atoms with Crippen molar-refractivity contribution in [3.05, 3.63) is 46.4 Å². The molecule has 0 radical (unpaired) electrons. The van der Waals surface area contributed by atoms with Crippen molar-refractivity contribution in [1.82, 2.24) is 14.6 Å². The summed E-state index contributed by atoms with van der Waals surface area (Å²) in [7, 11) is -4.06. The van der Waals surface area contributed by atoms with Crippen molar-refractivity contribution in [2.45, 2.75) is 30.5 Å². The number of halogens is 3. The molecule has 31 heavy (non-hydrogen) atoms. The normalized spacial score (nSPS) is 15.5. The van der Waals surface area contributed by atoms with Crippen molar-refractivity contribution in [2.24, 2.45) is 5.16 Å². The summed E-state index contributed by atoms with van der Waals surface area (Å²) in [6, 6.07) is 3.67. The number of nitrogens with zero attached hydrogens (tertiary/aromatic N) is 3. The molecular formula is C18H19F3N4O4S2. The second-order valence-corrected chi connectivity index (χ2v) is 9.48. The van der Waals surface area contributed by atoms with Crippen molar-refractivity contribution < 1.29 is 31.2 Å². The minimum Gasteiger partial charge on any atom is -0.386 e. The molecule has 1 fully saturated rings. The molecule has 0 unspecified atom stereocenters. The summed E-state index contributed by atoms with van der Waals surface area (Å²) in [5, 5.41) is 9.06. The predicted octanol–water partition coefficient (Wildman–Crippen LogP) is 2.64. The summed E-state index contributed by atoms with van der Waals surface area (Å²) in [5.74, 6) is -0.371. The Balaban J connectivity index is 1.50. The number of piperidine rings is 1. The van der Waals surface area contributed by atoms with Crippen molar-refractivity contribution >= 4 is 33.0 Å². The van der Waals surface area contributed by atoms with Gasteiger partial charge in [0.25, 0.3) is 5.91 Å². The highest BCUT2D eigenvalue weighted by molar-refractivity contribution is 7.89. The molecular weight excluding hydrogens is 457 g/mol. The molecule has 1 amide bonds. The fourth-order valence-corrected chi connectivity index (χ4v) is 4.85. The van der Waals surface area contributed by atoms with E-state index in [-0.39, 0.29) is 38.4 Å². The zero-order chi connectivity index (χ0) is 22.5. The molecule has 1 aliphatic rings. The Hall–Kier alpha value is -2.51. The molecule has 2 aromatic rings. The quantitative estimate of drug-likeness (QED) is 0.620. The Bertz CT molecular complexity index is 1030. The zero-order valence-electron chi connectivity index (χ0n) is 16.1. The molecule has 0 saturated carbocycles. The van der Waals surface area contributed by atoms with Gasteiger partial charge in [-0.1, -0.05) is 11.2 Å². The zero-order valence-corrected chi connectivity index (χ0v) is 17.8. The van der Waals surface area contributed by atoms with Gasteiger partial charge in [-0.05, 0) is 18.2 Å². The van der Waals surface area contributed by atoms with Crippen LogP contribution in [-0.4, -0.2) is 49.0 Å². The molecule has 3 rings (SSSR count). The number of hydrogen-bond donors (Lipinski definition) is 1. The number of benzene rings is 1. The maximum atomic E-state index is 12.9. The minimum atomic E-state index is -4.63. The van der Waals surface area contributed by atoms with Gasteiger partial charge in [0.1, 0.15) is 5.01 Å². The van der Waals surface area contributed by atoms with Crippen LogP contribution in [0.2, 0.25) is 0 Å². The minimum absolute atomic E-state index is 0.0526. The van der Waals surface area contributed by atoms with Crippen LogP contribution in [0.5, 0.6) is 0 Å². The first-order valence-electron chi connectivity index (χ1n) is 9.16. The van der Waals surface area contributed by atoms with Gasteiger partial charge in [-0.2, -0.15) is 17.5 Å². The van der Waals surface area contributed by atoms with Crippen molar-refractivity contribution in [3.63, 3.8) is 0 Å². The van der Waals surface area contributed by atoms with E-state index in [0.29, 0.717) is 18.3 Å². The summed E-state index contributed by atoms with van der Waals surface area (Å²) < 4.78 is 65.1. The van der Waals surface area contributed by atoms with Crippen LogP contribution < -0.4 is 5.32 Å². The maximum Gasteiger partial charge on any atom is 0.416 e. The average molecular weight is 477 g/mol. The molecule has 0 bridgehead atoms. The molecule has 0 spiro atoms. The lowest BCUT2D eigenvalue weighted by Gasteiger charge is -2.26. The smallest absolute Gasteiger partial charge is 0.386 e. The van der Waals surface area contributed by atoms with E-state index in [2.05, 4.69) is 15.5 Å². The number of nitrogens with one attached hydrogen (secondary N) is 1. The first kappa shape index (κ1) is 23.2. The highest BCUT2D eigenvalue weighted by Gasteiger charge is 2.33. The maximum absolute atomic E-state index is 12.9. The molecule has 2 heterocycles. The Kier molecular flexibility index (Phi) is 7.28. The molecule has 0 aliphatic carbocycles. The van der Waals surface area contributed by atoms with Crippen LogP contribution >= 0.6 is 11.3 Å². The van der Waals surface area contributed by atoms with Crippen LogP contribution in [-0.2, 0) is 32.4 Å². The topological polar surface area (TPSA) is 101 Å². The van der Waals surface area contributed by atoms with Crippen LogP contribution in [0.4, 0.5) is 13.2 Å². The number of aromatic nitrogens is 1. The van der Waals surface area contributed by atoms with Gasteiger partial charge in [-0.25, -0.2) is 13.4 Å². The average Bonchev–Trinajstić information content (AvgIpc) is 3.26. The lowest BCUT2D eigenvalue weighted by molar-refractivity contribution is -0.137. The highest BCUT2D eigenvalue weighted by Crippen LogP contribution is 2.31. The number of carbonyl (C=O) groups excluding carboxylic acids is 1. The Morgan fingerprint density at radius 3 is 2.68 bits per heavy atom. The number of sulfonamides is 1. The van der Waals surface area contributed by atoms with Crippen molar-refractivity contribution in [3.8, 4) is 0 Å². The summed E-state index contributed by atoms with van der Waals surface area (Å²) in [6.07, 6.45) is -2.50. The van der Waals surface area contributed by atoms with Gasteiger partial charge < -0.3 is 10.2 Å². The van der Waals surface area contributed by atoms with Gasteiger partial charge in [0.2, 0.25) is 10.0 Å². The van der Waals surface area contributed by atoms with Crippen molar-refractivity contribution in [1.29, 1.82) is 0 Å². The van der Waals surface area contributed by atoms with Gasteiger partial charge in [-0.3, -0.25) is 4.79 Å². The molecule has 1 N–H and O–H groups in total. The third-order valence-electron chi connectivity index (χ3n) is 4.41. The number of amides is 1. The molecule has 0 atom stereocenters. The van der Waals surface area contributed by atoms with E-state index in [0.717, 1.165) is 27.5 Å². The second kappa shape index (κ2) is 9.75. The monoisotopic (exact) mass is 476 g/mol. The summed E-state index contributed by atoms with van der Waals surface area (Å²) in [5.41, 5.74) is -0.447. The van der Waals surface area contributed by atoms with Crippen LogP contribution in [0, 0.1) is 0 Å². The number of oxime groups is 1. The first-order valence-corrected chi connectivity index (χ1v) is 11.5. The Morgan fingerprint density at radius 1 is 1.29 bits per heavy atom. The van der Waals surface area contributed by atoms with E-state index in [4.69, 9.17) is 4.84 Å². The lowest BCUT2D eigenvalue weighted by Crippen LogP contribution is -2.38. The van der Waals surface area contributed by atoms with Gasteiger partial charge in [0.15, 0.2) is 6.61 Å². The standard InChI is InChI=1S/C18H19F3N4O4S2/c19-18(20,21)13-2-1-3-15(10-13)31(27,28)25-7-4-14(5-8-25)24-29-12-16(26)23-11-17-22-6-9-30-17/h1-3,6,9-10H,4-5,7-8,11-12H2,(H,23,26). The molecule has 1 saturated heterocycles. The molecule has 8 nitrogen and oxygen atoms in total. The van der Waals surface area contributed by atoms with E-state index < -0.39 is 26.7 Å². The number of hydrogen-bond acceptors (Lipinski definition) is 7. The largest absolute Gasteiger partial charge is 0.416 e. The van der Waals surface area contributed by atoms with E-state index in [9.17, 15) is 26.4 Å². The van der Waals surface area contributed by atoms with Gasteiger partial charge in [0.05, 0.1) is 22.7 Å². The number of thiazole rings is 1. The Morgan fingerprint density at radius 2 is 2.03 bits per heavy atom. The molecule has 1 aliphatic heterocycles. The third-order valence-corrected chi connectivity index (χ3v) is 7.08. The summed E-state index contributed by atoms with van der Waals surface area (Å²) in [6.45, 7) is 0.105. The molecule has 13 heteroatoms. The first-order chi connectivity index (χ1) is 14.7. The van der Waals surface area contributed by atoms with Gasteiger partial charge in [-0.15, -0.1) is 11.3 Å². The van der Waals surface area contributed by atoms with Gasteiger partial charge in [0, 0.05) is 37.5 Å². The number of alkyl halides is 3. The molecule has 1 aromatic heterocycles. The summed E-state index contributed by atoms with van der Waals surface area (Å²) in [4.78, 5) is 20.4. The van der Waals surface area contributed by atoms with E-state index in [1.54, 1.807) is 11.6 Å². The third kappa shape index (κ3) is 6.24. The van der Waals surface area contributed by atoms with E-state index in [1.807, 2.05) is 0 Å². The van der Waals surface area contributed by atoms with E-state index in [1.165, 1.54) is 11.3 Å². The number of rotatable bonds is 7.